The lowest BCUT2D eigenvalue weighted by Gasteiger charge is -2.14. The minimum atomic E-state index is -3.72. The maximum absolute atomic E-state index is 12.3. The molecule has 0 aromatic carbocycles. The van der Waals surface area contributed by atoms with Crippen LogP contribution in [0.3, 0.4) is 0 Å². The zero-order valence-electron chi connectivity index (χ0n) is 10.6. The van der Waals surface area contributed by atoms with Gasteiger partial charge in [0, 0.05) is 25.5 Å². The van der Waals surface area contributed by atoms with E-state index in [0.29, 0.717) is 0 Å². The molecular weight excluding hydrogens is 266 g/mol. The van der Waals surface area contributed by atoms with Gasteiger partial charge in [0.05, 0.1) is 6.33 Å². The monoisotopic (exact) mass is 281 g/mol. The van der Waals surface area contributed by atoms with Gasteiger partial charge >= 0.3 is 0 Å². The van der Waals surface area contributed by atoms with Crippen LogP contribution in [0.2, 0.25) is 0 Å². The van der Waals surface area contributed by atoms with Gasteiger partial charge in [-0.1, -0.05) is 0 Å². The average molecular weight is 281 g/mol. The van der Waals surface area contributed by atoms with Crippen molar-refractivity contribution in [1.82, 2.24) is 19.3 Å². The van der Waals surface area contributed by atoms with Gasteiger partial charge in [-0.25, -0.2) is 18.1 Å². The number of pyridine rings is 1. The fourth-order valence-electron chi connectivity index (χ4n) is 1.77. The molecule has 2 aromatic rings. The molecule has 2 heterocycles. The molecule has 2 rings (SSSR count). The summed E-state index contributed by atoms with van der Waals surface area (Å²) in [5.74, 6) is -0.0167. The molecule has 0 aliphatic rings. The second kappa shape index (κ2) is 4.98. The summed E-state index contributed by atoms with van der Waals surface area (Å²) in [6.45, 7) is 1.75. The number of anilines is 1. The van der Waals surface area contributed by atoms with Gasteiger partial charge in [-0.15, -0.1) is 0 Å². The van der Waals surface area contributed by atoms with Crippen molar-refractivity contribution in [1.29, 1.82) is 0 Å². The van der Waals surface area contributed by atoms with Crippen LogP contribution < -0.4 is 10.5 Å². The number of nitrogen functional groups attached to an aromatic ring is 1. The Bertz CT molecular complexity index is 646. The zero-order chi connectivity index (χ0) is 14.0. The number of nitrogens with one attached hydrogen (secondary N) is 1. The lowest BCUT2D eigenvalue weighted by atomic mass is 10.1. The topological polar surface area (TPSA) is 103 Å². The Kier molecular flexibility index (Phi) is 3.54. The number of imidazole rings is 1. The Morgan fingerprint density at radius 1 is 1.37 bits per heavy atom. The Morgan fingerprint density at radius 3 is 2.53 bits per heavy atom. The van der Waals surface area contributed by atoms with Crippen molar-refractivity contribution in [2.24, 2.45) is 7.05 Å². The second-order valence-electron chi connectivity index (χ2n) is 4.17. The van der Waals surface area contributed by atoms with E-state index in [1.807, 2.05) is 0 Å². The molecule has 0 fully saturated rings. The maximum atomic E-state index is 12.3. The number of sulfonamides is 1. The van der Waals surface area contributed by atoms with Gasteiger partial charge < -0.3 is 10.3 Å². The van der Waals surface area contributed by atoms with Crippen LogP contribution in [-0.4, -0.2) is 23.0 Å². The van der Waals surface area contributed by atoms with Crippen LogP contribution in [0.15, 0.2) is 35.9 Å². The van der Waals surface area contributed by atoms with Gasteiger partial charge in [0.25, 0.3) is 10.0 Å². The van der Waals surface area contributed by atoms with Gasteiger partial charge in [0.2, 0.25) is 0 Å². The first-order valence-electron chi connectivity index (χ1n) is 5.61. The highest BCUT2D eigenvalue weighted by Gasteiger charge is 2.24. The Morgan fingerprint density at radius 2 is 2.00 bits per heavy atom. The number of aromatic nitrogens is 3. The summed E-state index contributed by atoms with van der Waals surface area (Å²) in [6, 6.07) is 3.11. The Labute approximate surface area is 111 Å². The predicted molar refractivity (Wildman–Crippen MR) is 70.6 cm³/mol. The molecule has 0 saturated heterocycles. The third-order valence-electron chi connectivity index (χ3n) is 2.70. The summed E-state index contributed by atoms with van der Waals surface area (Å²) < 4.78 is 28.4. The summed E-state index contributed by atoms with van der Waals surface area (Å²) in [4.78, 5) is 7.67. The molecule has 0 spiro atoms. The summed E-state index contributed by atoms with van der Waals surface area (Å²) in [5, 5.41) is -0.0339. The molecule has 0 aliphatic heterocycles. The van der Waals surface area contributed by atoms with Gasteiger partial charge in [-0.05, 0) is 24.6 Å². The molecule has 0 aliphatic carbocycles. The Hall–Kier alpha value is -1.93. The summed E-state index contributed by atoms with van der Waals surface area (Å²) in [5.41, 5.74) is 6.40. The normalized spacial score (nSPS) is 13.4. The highest BCUT2D eigenvalue weighted by molar-refractivity contribution is 7.89. The van der Waals surface area contributed by atoms with Crippen LogP contribution in [0.1, 0.15) is 18.5 Å². The molecule has 0 radical (unpaired) electrons. The van der Waals surface area contributed by atoms with Crippen molar-refractivity contribution >= 4 is 15.8 Å². The molecule has 102 valence electrons. The van der Waals surface area contributed by atoms with E-state index in [2.05, 4.69) is 14.7 Å². The molecule has 1 unspecified atom stereocenters. The van der Waals surface area contributed by atoms with Crippen molar-refractivity contribution in [2.75, 3.05) is 5.73 Å². The zero-order valence-corrected chi connectivity index (χ0v) is 11.4. The highest BCUT2D eigenvalue weighted by Crippen LogP contribution is 2.19. The van der Waals surface area contributed by atoms with Crippen molar-refractivity contribution in [2.45, 2.75) is 18.0 Å². The van der Waals surface area contributed by atoms with Crippen LogP contribution in [-0.2, 0) is 17.1 Å². The van der Waals surface area contributed by atoms with E-state index in [0.717, 1.165) is 5.56 Å². The number of aryl methyl sites for hydroxylation is 1. The molecule has 0 amide bonds. The minimum Gasteiger partial charge on any atom is -0.381 e. The van der Waals surface area contributed by atoms with Gasteiger partial charge in [0.1, 0.15) is 0 Å². The number of nitrogens with zero attached hydrogens (tertiary/aromatic N) is 3. The first kappa shape index (κ1) is 13.5. The molecular formula is C11H15N5O2S. The van der Waals surface area contributed by atoms with Crippen molar-refractivity contribution < 1.29 is 8.42 Å². The smallest absolute Gasteiger partial charge is 0.260 e. The highest BCUT2D eigenvalue weighted by atomic mass is 32.2. The molecule has 1 atom stereocenters. The molecule has 0 saturated carbocycles. The number of hydrogen-bond donors (Lipinski definition) is 2. The van der Waals surface area contributed by atoms with E-state index in [9.17, 15) is 8.42 Å². The second-order valence-corrected chi connectivity index (χ2v) is 5.80. The number of nitrogens with two attached hydrogens (primary N) is 1. The summed E-state index contributed by atoms with van der Waals surface area (Å²) >= 11 is 0. The van der Waals surface area contributed by atoms with Gasteiger partial charge in [0.15, 0.2) is 10.8 Å². The van der Waals surface area contributed by atoms with Crippen molar-refractivity contribution in [3.63, 3.8) is 0 Å². The van der Waals surface area contributed by atoms with Crippen LogP contribution in [0.4, 0.5) is 5.82 Å². The fourth-order valence-corrected chi connectivity index (χ4v) is 3.24. The standard InChI is InChI=1S/C11H15N5O2S/c1-8(9-3-5-13-6-4-9)15-19(17,18)11-10(12)14-7-16(11)2/h3-8,15H,12H2,1-2H3. The van der Waals surface area contributed by atoms with E-state index in [1.54, 1.807) is 38.5 Å². The Balaban J connectivity index is 2.28. The largest absolute Gasteiger partial charge is 0.381 e. The SMILES string of the molecule is CC(NS(=O)(=O)c1c(N)ncn1C)c1ccncc1. The van der Waals surface area contributed by atoms with Crippen LogP contribution in [0.25, 0.3) is 0 Å². The first-order chi connectivity index (χ1) is 8.92. The minimum absolute atomic E-state index is 0.0167. The van der Waals surface area contributed by atoms with E-state index in [4.69, 9.17) is 5.73 Å². The lowest BCUT2D eigenvalue weighted by molar-refractivity contribution is 0.558. The predicted octanol–water partition coefficient (Wildman–Crippen LogP) is 0.437. The van der Waals surface area contributed by atoms with E-state index < -0.39 is 10.0 Å². The van der Waals surface area contributed by atoms with E-state index in [1.165, 1.54) is 10.9 Å². The molecule has 3 N–H and O–H groups in total. The number of rotatable bonds is 4. The molecule has 19 heavy (non-hydrogen) atoms. The van der Waals surface area contributed by atoms with Crippen molar-refractivity contribution in [3.05, 3.63) is 36.4 Å². The maximum Gasteiger partial charge on any atom is 0.260 e. The van der Waals surface area contributed by atoms with E-state index >= 15 is 0 Å². The summed E-state index contributed by atoms with van der Waals surface area (Å²) in [6.07, 6.45) is 4.58. The van der Waals surface area contributed by atoms with Crippen molar-refractivity contribution in [3.8, 4) is 0 Å². The fraction of sp³-hybridized carbons (Fsp3) is 0.273. The third-order valence-corrected chi connectivity index (χ3v) is 4.37. The quantitative estimate of drug-likeness (QED) is 0.846. The lowest BCUT2D eigenvalue weighted by Crippen LogP contribution is -2.29. The third kappa shape index (κ3) is 2.74. The van der Waals surface area contributed by atoms with Gasteiger partial charge in [-0.3, -0.25) is 4.98 Å². The van der Waals surface area contributed by atoms with E-state index in [-0.39, 0.29) is 16.9 Å². The average Bonchev–Trinajstić information content (AvgIpc) is 2.70. The summed E-state index contributed by atoms with van der Waals surface area (Å²) in [7, 11) is -2.14. The van der Waals surface area contributed by atoms with Crippen LogP contribution >= 0.6 is 0 Å². The number of hydrogen-bond acceptors (Lipinski definition) is 5. The molecule has 7 nitrogen and oxygen atoms in total. The molecule has 2 aromatic heterocycles. The molecule has 8 heteroatoms. The van der Waals surface area contributed by atoms with Crippen LogP contribution in [0, 0.1) is 0 Å². The van der Waals surface area contributed by atoms with Gasteiger partial charge in [-0.2, -0.15) is 0 Å². The molecule has 0 bridgehead atoms. The van der Waals surface area contributed by atoms with Crippen LogP contribution in [0.5, 0.6) is 0 Å². The first-order valence-corrected chi connectivity index (χ1v) is 7.09.